The Morgan fingerprint density at radius 1 is 0.958 bits per heavy atom. The van der Waals surface area contributed by atoms with Gasteiger partial charge in [0.2, 0.25) is 5.91 Å². The molecule has 0 bridgehead atoms. The minimum atomic E-state index is -0.855. The van der Waals surface area contributed by atoms with E-state index in [0.29, 0.717) is 22.4 Å². The number of carbonyl (C=O) groups excluding carboxylic acids is 4. The number of esters is 1. The van der Waals surface area contributed by atoms with Gasteiger partial charge in [-0.1, -0.05) is 37.6 Å². The smallest absolute Gasteiger partial charge is 0.338 e. The van der Waals surface area contributed by atoms with Crippen LogP contribution < -0.4 is 10.2 Å². The lowest BCUT2D eigenvalue weighted by molar-refractivity contribution is -0.122. The standard InChI is InChI=1S/C38H39FN4O5/c1-23-7-9-31(24(2)15-23)37(47)48-22-38(4,5)21-41-34(44)29-16-26(17-30(39)18-29)20-43-25(3)35(45)42(6)33-19-28(8-10-32(33)36(43)46)27-11-13-40-14-12-27/h7-19,25H,20-22H2,1-6H3,(H,41,44)/t25-/m1/s1. The lowest BCUT2D eigenvalue weighted by Gasteiger charge is -2.27. The maximum absolute atomic E-state index is 14.9. The first-order chi connectivity index (χ1) is 22.7. The molecule has 0 aliphatic carbocycles. The second-order valence-electron chi connectivity index (χ2n) is 13.1. The number of rotatable bonds is 9. The van der Waals surface area contributed by atoms with Crippen molar-refractivity contribution < 1.29 is 28.3 Å². The van der Waals surface area contributed by atoms with Crippen molar-refractivity contribution in [2.45, 2.75) is 47.2 Å². The van der Waals surface area contributed by atoms with Gasteiger partial charge in [-0.05, 0) is 91.6 Å². The summed E-state index contributed by atoms with van der Waals surface area (Å²) in [5.74, 6) is -2.31. The zero-order chi connectivity index (χ0) is 34.7. The minimum absolute atomic E-state index is 0.0524. The fraction of sp³-hybridized carbons (Fsp3) is 0.289. The van der Waals surface area contributed by atoms with Gasteiger partial charge in [-0.15, -0.1) is 0 Å². The summed E-state index contributed by atoms with van der Waals surface area (Å²) in [4.78, 5) is 60.1. The van der Waals surface area contributed by atoms with Gasteiger partial charge in [0.15, 0.2) is 0 Å². The number of pyridine rings is 1. The molecule has 0 unspecified atom stereocenters. The highest BCUT2D eigenvalue weighted by molar-refractivity contribution is 6.11. The topological polar surface area (TPSA) is 109 Å². The second-order valence-corrected chi connectivity index (χ2v) is 13.1. The molecule has 1 aromatic heterocycles. The number of aryl methyl sites for hydroxylation is 2. The number of fused-ring (bicyclic) bond motifs is 1. The number of halogens is 1. The van der Waals surface area contributed by atoms with Crippen LogP contribution in [0.15, 0.2) is 79.1 Å². The number of nitrogens with zero attached hydrogens (tertiary/aromatic N) is 3. The molecule has 0 radical (unpaired) electrons. The van der Waals surface area contributed by atoms with Crippen molar-refractivity contribution in [2.24, 2.45) is 5.41 Å². The molecule has 5 rings (SSSR count). The predicted octanol–water partition coefficient (Wildman–Crippen LogP) is 6.12. The fourth-order valence-corrected chi connectivity index (χ4v) is 5.71. The molecule has 3 aromatic carbocycles. The van der Waals surface area contributed by atoms with Crippen LogP contribution in [-0.2, 0) is 16.1 Å². The lowest BCUT2D eigenvalue weighted by Crippen LogP contribution is -2.45. The summed E-state index contributed by atoms with van der Waals surface area (Å²) in [6.07, 6.45) is 3.34. The Hall–Kier alpha value is -5.38. The summed E-state index contributed by atoms with van der Waals surface area (Å²) in [5.41, 5.74) is 4.67. The predicted molar refractivity (Wildman–Crippen MR) is 181 cm³/mol. The fourth-order valence-electron chi connectivity index (χ4n) is 5.71. The molecule has 2 heterocycles. The number of hydrogen-bond acceptors (Lipinski definition) is 6. The van der Waals surface area contributed by atoms with Gasteiger partial charge in [0.1, 0.15) is 11.9 Å². The molecule has 0 saturated heterocycles. The number of aromatic nitrogens is 1. The third kappa shape index (κ3) is 7.43. The van der Waals surface area contributed by atoms with E-state index in [1.807, 2.05) is 58.0 Å². The highest BCUT2D eigenvalue weighted by Gasteiger charge is 2.36. The second kappa shape index (κ2) is 13.8. The van der Waals surface area contributed by atoms with Crippen LogP contribution in [0.3, 0.4) is 0 Å². The minimum Gasteiger partial charge on any atom is -0.461 e. The summed E-state index contributed by atoms with van der Waals surface area (Å²) >= 11 is 0. The SMILES string of the molecule is Cc1ccc(C(=O)OCC(C)(C)CNC(=O)c2cc(F)cc(CN3C(=O)c4ccc(-c5ccncc5)cc4N(C)C(=O)[C@H]3C)c2)c(C)c1. The van der Waals surface area contributed by atoms with E-state index < -0.39 is 29.2 Å². The Morgan fingerprint density at radius 2 is 1.69 bits per heavy atom. The number of amides is 3. The lowest BCUT2D eigenvalue weighted by atomic mass is 9.94. The van der Waals surface area contributed by atoms with Gasteiger partial charge in [-0.25, -0.2) is 9.18 Å². The first kappa shape index (κ1) is 34.0. The number of nitrogens with one attached hydrogen (secondary N) is 1. The molecule has 0 saturated carbocycles. The molecule has 0 spiro atoms. The number of anilines is 1. The van der Waals surface area contributed by atoms with E-state index in [4.69, 9.17) is 4.74 Å². The molecule has 1 N–H and O–H groups in total. The van der Waals surface area contributed by atoms with Gasteiger partial charge in [-0.3, -0.25) is 19.4 Å². The van der Waals surface area contributed by atoms with Gasteiger partial charge < -0.3 is 19.9 Å². The zero-order valence-corrected chi connectivity index (χ0v) is 28.0. The number of likely N-dealkylation sites (N-methyl/N-ethyl adjacent to an activating group) is 1. The molecule has 48 heavy (non-hydrogen) atoms. The third-order valence-electron chi connectivity index (χ3n) is 8.52. The molecule has 3 amide bonds. The van der Waals surface area contributed by atoms with E-state index in [-0.39, 0.29) is 37.1 Å². The third-order valence-corrected chi connectivity index (χ3v) is 8.52. The normalized spacial score (nSPS) is 14.8. The maximum Gasteiger partial charge on any atom is 0.338 e. The molecule has 0 fully saturated rings. The Labute approximate surface area is 279 Å². The Kier molecular flexibility index (Phi) is 9.74. The highest BCUT2D eigenvalue weighted by atomic mass is 19.1. The number of carbonyl (C=O) groups is 4. The molecule has 9 nitrogen and oxygen atoms in total. The van der Waals surface area contributed by atoms with Gasteiger partial charge in [0, 0.05) is 43.5 Å². The first-order valence-electron chi connectivity index (χ1n) is 15.7. The van der Waals surface area contributed by atoms with E-state index in [1.54, 1.807) is 44.6 Å². The number of hydrogen-bond donors (Lipinski definition) is 1. The average molecular weight is 651 g/mol. The molecular formula is C38H39FN4O5. The Bertz CT molecular complexity index is 1890. The van der Waals surface area contributed by atoms with Crippen molar-refractivity contribution in [3.05, 3.63) is 118 Å². The average Bonchev–Trinajstić information content (AvgIpc) is 3.12. The van der Waals surface area contributed by atoms with Crippen LogP contribution in [0.25, 0.3) is 11.1 Å². The number of benzene rings is 3. The molecular weight excluding hydrogens is 611 g/mol. The first-order valence-corrected chi connectivity index (χ1v) is 15.7. The van der Waals surface area contributed by atoms with E-state index >= 15 is 0 Å². The van der Waals surface area contributed by atoms with Crippen molar-refractivity contribution in [1.29, 1.82) is 0 Å². The van der Waals surface area contributed by atoms with Crippen molar-refractivity contribution >= 4 is 29.4 Å². The van der Waals surface area contributed by atoms with Crippen LogP contribution in [0.4, 0.5) is 10.1 Å². The van der Waals surface area contributed by atoms with E-state index in [9.17, 15) is 23.6 Å². The largest absolute Gasteiger partial charge is 0.461 e. The molecule has 10 heteroatoms. The van der Waals surface area contributed by atoms with Crippen LogP contribution in [0, 0.1) is 25.1 Å². The van der Waals surface area contributed by atoms with E-state index in [1.165, 1.54) is 21.9 Å². The Morgan fingerprint density at radius 3 is 2.40 bits per heavy atom. The quantitative estimate of drug-likeness (QED) is 0.219. The van der Waals surface area contributed by atoms with Crippen molar-refractivity contribution in [3.8, 4) is 11.1 Å². The molecule has 1 aliphatic rings. The Balaban J connectivity index is 1.28. The molecule has 1 atom stereocenters. The van der Waals surface area contributed by atoms with Crippen molar-refractivity contribution in [2.75, 3.05) is 25.1 Å². The highest BCUT2D eigenvalue weighted by Crippen LogP contribution is 2.32. The number of ether oxygens (including phenoxy) is 1. The van der Waals surface area contributed by atoms with E-state index in [2.05, 4.69) is 10.3 Å². The summed E-state index contributed by atoms with van der Waals surface area (Å²) in [5, 5.41) is 2.81. The van der Waals surface area contributed by atoms with Crippen molar-refractivity contribution in [1.82, 2.24) is 15.2 Å². The molecule has 1 aliphatic heterocycles. The van der Waals surface area contributed by atoms with Crippen molar-refractivity contribution in [3.63, 3.8) is 0 Å². The molecule has 248 valence electrons. The van der Waals surface area contributed by atoms with E-state index in [0.717, 1.165) is 28.3 Å². The van der Waals surface area contributed by atoms with Crippen LogP contribution in [0.5, 0.6) is 0 Å². The van der Waals surface area contributed by atoms with Gasteiger partial charge in [-0.2, -0.15) is 0 Å². The summed E-state index contributed by atoms with van der Waals surface area (Å²) in [6.45, 7) is 9.23. The summed E-state index contributed by atoms with van der Waals surface area (Å²) < 4.78 is 20.4. The van der Waals surface area contributed by atoms with Crippen LogP contribution in [-0.4, -0.2) is 59.8 Å². The zero-order valence-electron chi connectivity index (χ0n) is 28.0. The van der Waals surface area contributed by atoms with Crippen LogP contribution in [0.1, 0.15) is 68.5 Å². The monoisotopic (exact) mass is 650 g/mol. The maximum atomic E-state index is 14.9. The molecule has 4 aromatic rings. The summed E-state index contributed by atoms with van der Waals surface area (Å²) in [7, 11) is 1.63. The van der Waals surface area contributed by atoms with Gasteiger partial charge in [0.25, 0.3) is 11.8 Å². The van der Waals surface area contributed by atoms with Gasteiger partial charge in [0.05, 0.1) is 23.4 Å². The van der Waals surface area contributed by atoms with Crippen LogP contribution in [0.2, 0.25) is 0 Å². The van der Waals surface area contributed by atoms with Crippen LogP contribution >= 0.6 is 0 Å². The van der Waals surface area contributed by atoms with Gasteiger partial charge >= 0.3 is 5.97 Å². The summed E-state index contributed by atoms with van der Waals surface area (Å²) in [6, 6.07) is 17.5.